The Morgan fingerprint density at radius 3 is 3.00 bits per heavy atom. The summed E-state index contributed by atoms with van der Waals surface area (Å²) in [6.45, 7) is 10.0. The fourth-order valence-electron chi connectivity index (χ4n) is 2.06. The van der Waals surface area contributed by atoms with E-state index in [1.807, 2.05) is 12.5 Å². The summed E-state index contributed by atoms with van der Waals surface area (Å²) < 4.78 is 7.49. The zero-order valence-corrected chi connectivity index (χ0v) is 10.6. The molecule has 0 amide bonds. The number of ether oxygens (including phenoxy) is 1. The Hall–Kier alpha value is -0.910. The van der Waals surface area contributed by atoms with Gasteiger partial charge in [-0.05, 0) is 6.92 Å². The Bertz CT molecular complexity index is 320. The summed E-state index contributed by atoms with van der Waals surface area (Å²) in [5.74, 6) is 0. The van der Waals surface area contributed by atoms with Gasteiger partial charge in [-0.15, -0.1) is 0 Å². The van der Waals surface area contributed by atoms with Crippen LogP contribution < -0.4 is 5.32 Å². The van der Waals surface area contributed by atoms with Crippen LogP contribution in [-0.4, -0.2) is 53.8 Å². The van der Waals surface area contributed by atoms with Crippen LogP contribution in [0.5, 0.6) is 0 Å². The van der Waals surface area contributed by atoms with Crippen LogP contribution in [0.15, 0.2) is 12.5 Å². The van der Waals surface area contributed by atoms with Crippen molar-refractivity contribution in [2.45, 2.75) is 20.0 Å². The molecule has 1 fully saturated rings. The quantitative estimate of drug-likeness (QED) is 0.725. The van der Waals surface area contributed by atoms with Crippen LogP contribution in [0.1, 0.15) is 12.6 Å². The zero-order valence-electron chi connectivity index (χ0n) is 10.6. The fourth-order valence-corrected chi connectivity index (χ4v) is 2.06. The molecule has 1 aromatic heterocycles. The van der Waals surface area contributed by atoms with Crippen molar-refractivity contribution in [3.05, 3.63) is 18.2 Å². The highest BCUT2D eigenvalue weighted by molar-refractivity contribution is 4.97. The first-order chi connectivity index (χ1) is 8.40. The predicted molar refractivity (Wildman–Crippen MR) is 66.9 cm³/mol. The van der Waals surface area contributed by atoms with Gasteiger partial charge in [0, 0.05) is 45.5 Å². The average Bonchev–Trinajstić information content (AvgIpc) is 2.83. The van der Waals surface area contributed by atoms with Gasteiger partial charge in [-0.1, -0.05) is 0 Å². The van der Waals surface area contributed by atoms with Gasteiger partial charge in [-0.2, -0.15) is 0 Å². The Labute approximate surface area is 103 Å². The van der Waals surface area contributed by atoms with E-state index >= 15 is 0 Å². The molecule has 5 nitrogen and oxygen atoms in total. The van der Waals surface area contributed by atoms with Crippen molar-refractivity contribution in [2.75, 3.05) is 39.4 Å². The van der Waals surface area contributed by atoms with Gasteiger partial charge in [0.05, 0.1) is 25.2 Å². The molecule has 0 atom stereocenters. The predicted octanol–water partition coefficient (Wildman–Crippen LogP) is 0.325. The summed E-state index contributed by atoms with van der Waals surface area (Å²) in [6, 6.07) is 0. The zero-order chi connectivity index (χ0) is 11.9. The monoisotopic (exact) mass is 238 g/mol. The first kappa shape index (κ1) is 12.5. The number of hydrogen-bond donors (Lipinski definition) is 1. The van der Waals surface area contributed by atoms with Crippen molar-refractivity contribution < 1.29 is 4.74 Å². The van der Waals surface area contributed by atoms with Crippen LogP contribution in [0, 0.1) is 0 Å². The number of morpholine rings is 1. The second kappa shape index (κ2) is 6.74. The fraction of sp³-hybridized carbons (Fsp3) is 0.750. The second-order valence-electron chi connectivity index (χ2n) is 4.30. The Morgan fingerprint density at radius 2 is 2.24 bits per heavy atom. The second-order valence-corrected chi connectivity index (χ2v) is 4.30. The van der Waals surface area contributed by atoms with E-state index in [0.717, 1.165) is 52.5 Å². The first-order valence-corrected chi connectivity index (χ1v) is 6.40. The summed E-state index contributed by atoms with van der Waals surface area (Å²) in [5, 5.41) is 3.47. The first-order valence-electron chi connectivity index (χ1n) is 6.40. The van der Waals surface area contributed by atoms with E-state index in [1.165, 1.54) is 5.69 Å². The van der Waals surface area contributed by atoms with Gasteiger partial charge in [-0.25, -0.2) is 4.98 Å². The molecule has 1 aliphatic heterocycles. The van der Waals surface area contributed by atoms with E-state index in [-0.39, 0.29) is 0 Å². The van der Waals surface area contributed by atoms with Crippen molar-refractivity contribution in [1.82, 2.24) is 19.8 Å². The third kappa shape index (κ3) is 3.80. The standard InChI is InChI=1S/C12H22N4O/c1-2-16-11-14-10-12(16)9-13-3-4-15-5-7-17-8-6-15/h10-11,13H,2-9H2,1H3. The molecule has 1 saturated heterocycles. The van der Waals surface area contributed by atoms with Gasteiger partial charge in [0.25, 0.3) is 0 Å². The van der Waals surface area contributed by atoms with E-state index in [4.69, 9.17) is 4.74 Å². The average molecular weight is 238 g/mol. The minimum Gasteiger partial charge on any atom is -0.379 e. The highest BCUT2D eigenvalue weighted by Gasteiger charge is 2.09. The van der Waals surface area contributed by atoms with Crippen LogP contribution >= 0.6 is 0 Å². The number of hydrogen-bond acceptors (Lipinski definition) is 4. The van der Waals surface area contributed by atoms with E-state index < -0.39 is 0 Å². The lowest BCUT2D eigenvalue weighted by molar-refractivity contribution is 0.0384. The van der Waals surface area contributed by atoms with Gasteiger partial charge in [0.2, 0.25) is 0 Å². The van der Waals surface area contributed by atoms with Crippen LogP contribution in [0.2, 0.25) is 0 Å². The molecule has 1 N–H and O–H groups in total. The van der Waals surface area contributed by atoms with Crippen molar-refractivity contribution in [2.24, 2.45) is 0 Å². The minimum atomic E-state index is 0.878. The van der Waals surface area contributed by atoms with Gasteiger partial charge >= 0.3 is 0 Å². The molecule has 0 unspecified atom stereocenters. The number of imidazole rings is 1. The molecule has 2 rings (SSSR count). The van der Waals surface area contributed by atoms with E-state index in [9.17, 15) is 0 Å². The van der Waals surface area contributed by atoms with Crippen LogP contribution in [0.4, 0.5) is 0 Å². The van der Waals surface area contributed by atoms with Gasteiger partial charge < -0.3 is 14.6 Å². The van der Waals surface area contributed by atoms with E-state index in [1.54, 1.807) is 0 Å². The number of rotatable bonds is 6. The normalized spacial score (nSPS) is 17.5. The number of nitrogens with zero attached hydrogens (tertiary/aromatic N) is 3. The van der Waals surface area contributed by atoms with Gasteiger partial charge in [-0.3, -0.25) is 4.90 Å². The number of aromatic nitrogens is 2. The smallest absolute Gasteiger partial charge is 0.0948 e. The molecular weight excluding hydrogens is 216 g/mol. The van der Waals surface area contributed by atoms with Crippen molar-refractivity contribution >= 4 is 0 Å². The maximum absolute atomic E-state index is 5.32. The van der Waals surface area contributed by atoms with E-state index in [0.29, 0.717) is 0 Å². The van der Waals surface area contributed by atoms with Crippen LogP contribution in [0.3, 0.4) is 0 Å². The molecule has 0 aromatic carbocycles. The lowest BCUT2D eigenvalue weighted by Gasteiger charge is -2.26. The number of nitrogens with one attached hydrogen (secondary N) is 1. The number of aryl methyl sites for hydroxylation is 1. The molecule has 0 bridgehead atoms. The van der Waals surface area contributed by atoms with Crippen molar-refractivity contribution in [3.63, 3.8) is 0 Å². The molecule has 1 aliphatic rings. The third-order valence-corrected chi connectivity index (χ3v) is 3.15. The van der Waals surface area contributed by atoms with Crippen LogP contribution in [-0.2, 0) is 17.8 Å². The summed E-state index contributed by atoms with van der Waals surface area (Å²) in [5.41, 5.74) is 1.26. The topological polar surface area (TPSA) is 42.3 Å². The van der Waals surface area contributed by atoms with Crippen molar-refractivity contribution in [3.8, 4) is 0 Å². The Kier molecular flexibility index (Phi) is 4.97. The molecule has 2 heterocycles. The summed E-state index contributed by atoms with van der Waals surface area (Å²) in [6.07, 6.45) is 3.82. The lowest BCUT2D eigenvalue weighted by Crippen LogP contribution is -2.40. The molecule has 96 valence electrons. The molecule has 17 heavy (non-hydrogen) atoms. The third-order valence-electron chi connectivity index (χ3n) is 3.15. The maximum atomic E-state index is 5.32. The lowest BCUT2D eigenvalue weighted by atomic mass is 10.4. The van der Waals surface area contributed by atoms with Gasteiger partial charge in [0.15, 0.2) is 0 Å². The summed E-state index contributed by atoms with van der Waals surface area (Å²) in [7, 11) is 0. The minimum absolute atomic E-state index is 0.878. The SMILES string of the molecule is CCn1cncc1CNCCN1CCOCC1. The molecule has 0 saturated carbocycles. The van der Waals surface area contributed by atoms with E-state index in [2.05, 4.69) is 26.7 Å². The highest BCUT2D eigenvalue weighted by atomic mass is 16.5. The Morgan fingerprint density at radius 1 is 1.41 bits per heavy atom. The molecule has 1 aromatic rings. The maximum Gasteiger partial charge on any atom is 0.0948 e. The molecular formula is C12H22N4O. The highest BCUT2D eigenvalue weighted by Crippen LogP contribution is 1.98. The summed E-state index contributed by atoms with van der Waals surface area (Å²) >= 11 is 0. The molecule has 0 aliphatic carbocycles. The largest absolute Gasteiger partial charge is 0.379 e. The van der Waals surface area contributed by atoms with Crippen molar-refractivity contribution in [1.29, 1.82) is 0 Å². The molecule has 0 radical (unpaired) electrons. The van der Waals surface area contributed by atoms with Gasteiger partial charge in [0.1, 0.15) is 0 Å². The van der Waals surface area contributed by atoms with Crippen LogP contribution in [0.25, 0.3) is 0 Å². The molecule has 5 heteroatoms. The Balaban J connectivity index is 1.62. The molecule has 0 spiro atoms. The summed E-state index contributed by atoms with van der Waals surface area (Å²) in [4.78, 5) is 6.60.